The van der Waals surface area contributed by atoms with Crippen molar-refractivity contribution in [3.05, 3.63) is 499 Å². The van der Waals surface area contributed by atoms with Crippen LogP contribution in [-0.2, 0) is 10.8 Å². The van der Waals surface area contributed by atoms with Gasteiger partial charge in [0.1, 0.15) is 0 Å². The standard InChI is InChI=1S/C62H38N4.C59H37N5/c1-4-16-39(17-5-1)54-33-30-41-28-29-42-31-34-55(64-61(42)60(41)63-54)43-32-35-56-48(36-43)47-37-53-58(38-49(47)59(65-56)40-18-6-2-7-19-40)66(44-20-8-3-9-21-44)57-27-15-14-26-52(57)62(53)50-24-12-10-22-45(50)46-23-11-13-25-51(46)62;1-5-19-38(20-6-1)55-47-37-54-51(59(48-29-15-13-27-43(48)44-28-14-16-30-49(44)59)50-31-17-18-32-53(50)64(54)42-25-11-4-12-26-42)36-45(47)46-35-41(33-34-52(46)60-55)58-62-56(39-21-7-2-8-22-39)61-57(63-58)40-23-9-3-10-24-40/h1-38H;1-37H. The fourth-order valence-corrected chi connectivity index (χ4v) is 21.5. The maximum atomic E-state index is 5.54. The lowest BCUT2D eigenvalue weighted by molar-refractivity contribution is 0.754. The van der Waals surface area contributed by atoms with Gasteiger partial charge in [-0.2, -0.15) is 0 Å². The number of hydrogen-bond donors (Lipinski definition) is 0. The van der Waals surface area contributed by atoms with Crippen molar-refractivity contribution >= 4 is 99.3 Å². The molecule has 0 saturated heterocycles. The van der Waals surface area contributed by atoms with Crippen molar-refractivity contribution < 1.29 is 0 Å². The van der Waals surface area contributed by atoms with E-state index in [9.17, 15) is 0 Å². The Kier molecular flexibility index (Phi) is 17.0. The van der Waals surface area contributed by atoms with Gasteiger partial charge in [-0.1, -0.05) is 352 Å². The van der Waals surface area contributed by atoms with Crippen LogP contribution in [0.25, 0.3) is 167 Å². The van der Waals surface area contributed by atoms with E-state index in [1.165, 1.54) is 72.4 Å². The summed E-state index contributed by atoms with van der Waals surface area (Å²) < 4.78 is 0. The zero-order valence-corrected chi connectivity index (χ0v) is 70.3. The van der Waals surface area contributed by atoms with Gasteiger partial charge in [0.25, 0.3) is 0 Å². The van der Waals surface area contributed by atoms with E-state index in [4.69, 9.17) is 34.9 Å². The Labute approximate surface area is 750 Å². The molecular weight excluding hydrogens is 1580 g/mol. The smallest absolute Gasteiger partial charge is 0.164 e. The third-order valence-electron chi connectivity index (χ3n) is 27.1. The van der Waals surface area contributed by atoms with Crippen molar-refractivity contribution in [2.45, 2.75) is 10.8 Å². The van der Waals surface area contributed by atoms with Gasteiger partial charge >= 0.3 is 0 Å². The number of para-hydroxylation sites is 4. The fourth-order valence-electron chi connectivity index (χ4n) is 21.5. The molecule has 0 radical (unpaired) electrons. The molecule has 23 aromatic rings. The van der Waals surface area contributed by atoms with Crippen LogP contribution in [0.2, 0.25) is 0 Å². The maximum Gasteiger partial charge on any atom is 0.164 e. The predicted octanol–water partition coefficient (Wildman–Crippen LogP) is 30.0. The predicted molar refractivity (Wildman–Crippen MR) is 532 cm³/mol. The van der Waals surface area contributed by atoms with Gasteiger partial charge in [-0.05, 0) is 181 Å². The van der Waals surface area contributed by atoms with Crippen molar-refractivity contribution in [1.82, 2.24) is 34.9 Å². The zero-order chi connectivity index (χ0) is 85.5. The average Bonchev–Trinajstić information content (AvgIpc) is 1.45. The minimum atomic E-state index is -0.609. The van der Waals surface area contributed by atoms with Gasteiger partial charge in [0.15, 0.2) is 17.5 Å². The number of pyridine rings is 4. The molecule has 0 unspecified atom stereocenters. The molecular formula is C121H75N9. The zero-order valence-electron chi connectivity index (χ0n) is 70.3. The highest BCUT2D eigenvalue weighted by molar-refractivity contribution is 6.17. The summed E-state index contributed by atoms with van der Waals surface area (Å²) in [6.07, 6.45) is 0. The third-order valence-corrected chi connectivity index (χ3v) is 27.1. The van der Waals surface area contributed by atoms with Crippen LogP contribution >= 0.6 is 0 Å². The average molecular weight is 1650 g/mol. The van der Waals surface area contributed by atoms with E-state index in [1.54, 1.807) is 0 Å². The van der Waals surface area contributed by atoms with Gasteiger partial charge in [-0.15, -0.1) is 0 Å². The number of aromatic nitrogens is 7. The van der Waals surface area contributed by atoms with E-state index < -0.39 is 10.8 Å². The first kappa shape index (κ1) is 74.2. The number of hydrogen-bond acceptors (Lipinski definition) is 9. The van der Waals surface area contributed by atoms with Crippen molar-refractivity contribution in [3.8, 4) is 101 Å². The van der Waals surface area contributed by atoms with Crippen LogP contribution in [0.15, 0.2) is 455 Å². The van der Waals surface area contributed by atoms with Crippen LogP contribution in [0.3, 0.4) is 0 Å². The summed E-state index contributed by atoms with van der Waals surface area (Å²) in [5.74, 6) is 1.86. The monoisotopic (exact) mass is 1650 g/mol. The Morgan fingerprint density at radius 2 is 0.485 bits per heavy atom. The Morgan fingerprint density at radius 3 is 0.885 bits per heavy atom. The van der Waals surface area contributed by atoms with Gasteiger partial charge in [-0.3, -0.25) is 0 Å². The highest BCUT2D eigenvalue weighted by atomic mass is 15.2. The van der Waals surface area contributed by atoms with E-state index >= 15 is 0 Å². The van der Waals surface area contributed by atoms with Crippen molar-refractivity contribution in [2.24, 2.45) is 0 Å². The van der Waals surface area contributed by atoms with Gasteiger partial charge in [0, 0.05) is 82.6 Å². The molecule has 2 aliphatic carbocycles. The Hall–Kier alpha value is -17.3. The number of anilines is 6. The quantitative estimate of drug-likeness (QED) is 0.131. The van der Waals surface area contributed by atoms with Crippen LogP contribution in [0.5, 0.6) is 0 Å². The van der Waals surface area contributed by atoms with E-state index in [-0.39, 0.29) is 0 Å². The molecule has 4 aliphatic rings. The molecule has 0 atom stereocenters. The summed E-state index contributed by atoms with van der Waals surface area (Å²) in [5, 5.41) is 8.64. The van der Waals surface area contributed by atoms with E-state index in [0.717, 1.165) is 155 Å². The number of fused-ring (bicyclic) bond motifs is 27. The lowest BCUT2D eigenvalue weighted by Gasteiger charge is -2.45. The molecule has 0 N–H and O–H groups in total. The molecule has 27 rings (SSSR count). The Morgan fingerprint density at radius 1 is 0.177 bits per heavy atom. The van der Waals surface area contributed by atoms with Gasteiger partial charge < -0.3 is 9.80 Å². The molecule has 0 fully saturated rings. The first-order valence-electron chi connectivity index (χ1n) is 44.3. The van der Waals surface area contributed by atoms with Crippen molar-refractivity contribution in [3.63, 3.8) is 0 Å². The Bertz CT molecular complexity index is 8400. The lowest BCUT2D eigenvalue weighted by Crippen LogP contribution is -2.36. The number of nitrogens with zero attached hydrogens (tertiary/aromatic N) is 9. The number of rotatable bonds is 9. The van der Waals surface area contributed by atoms with Crippen LogP contribution in [-0.4, -0.2) is 34.9 Å². The molecule has 2 aliphatic heterocycles. The molecule has 9 heteroatoms. The molecule has 604 valence electrons. The van der Waals surface area contributed by atoms with Crippen LogP contribution < -0.4 is 9.80 Å². The van der Waals surface area contributed by atoms with Crippen LogP contribution in [0.1, 0.15) is 44.5 Å². The van der Waals surface area contributed by atoms with E-state index in [1.807, 2.05) is 66.7 Å². The maximum absolute atomic E-state index is 5.54. The normalized spacial score (nSPS) is 13.2. The van der Waals surface area contributed by atoms with E-state index in [0.29, 0.717) is 17.5 Å². The second-order valence-corrected chi connectivity index (χ2v) is 34.0. The summed E-state index contributed by atoms with van der Waals surface area (Å²) in [6.45, 7) is 0. The molecule has 2 spiro atoms. The number of benzene rings is 18. The molecule has 7 heterocycles. The molecule has 18 aromatic carbocycles. The topological polar surface area (TPSA) is 96.7 Å². The van der Waals surface area contributed by atoms with Crippen molar-refractivity contribution in [1.29, 1.82) is 0 Å². The molecule has 130 heavy (non-hydrogen) atoms. The lowest BCUT2D eigenvalue weighted by atomic mass is 9.64. The second kappa shape index (κ2) is 29.7. The molecule has 0 saturated carbocycles. The highest BCUT2D eigenvalue weighted by Crippen LogP contribution is 2.67. The SMILES string of the molecule is c1ccc(-c2ccc3ccc4ccc(-c5ccc6nc(-c7ccccc7)c7cc8c(cc7c6c5)C5(c6ccccc6-c6ccccc65)c5ccccc5N8c5ccccc5)nc4c3n2)cc1.c1ccc(-c2nc(-c3ccccc3)nc(-c3ccc4nc(-c5ccccc5)c5cc6c(cc5c4c3)C3(c4ccccc4-c4ccccc43)c3ccccc3N6c3ccccc3)n2)cc1. The molecule has 0 bridgehead atoms. The van der Waals surface area contributed by atoms with Crippen LogP contribution in [0, 0.1) is 0 Å². The van der Waals surface area contributed by atoms with Gasteiger partial charge in [0.2, 0.25) is 0 Å². The summed E-state index contributed by atoms with van der Waals surface area (Å²) in [6, 6.07) is 163. The van der Waals surface area contributed by atoms with Crippen molar-refractivity contribution in [2.75, 3.05) is 9.80 Å². The van der Waals surface area contributed by atoms with Gasteiger partial charge in [-0.25, -0.2) is 34.9 Å². The minimum Gasteiger partial charge on any atom is -0.310 e. The highest BCUT2D eigenvalue weighted by Gasteiger charge is 2.54. The molecule has 5 aromatic heterocycles. The Balaban J connectivity index is 0.000000137. The third kappa shape index (κ3) is 11.4. The summed E-state index contributed by atoms with van der Waals surface area (Å²) in [4.78, 5) is 41.9. The second-order valence-electron chi connectivity index (χ2n) is 34.0. The minimum absolute atomic E-state index is 0.592. The first-order chi connectivity index (χ1) is 64.5. The fraction of sp³-hybridized carbons (Fsp3) is 0.0165. The van der Waals surface area contributed by atoms with E-state index in [2.05, 4.69) is 398 Å². The summed E-state index contributed by atoms with van der Waals surface area (Å²) in [7, 11) is 0. The summed E-state index contributed by atoms with van der Waals surface area (Å²) in [5.41, 5.74) is 35.1. The summed E-state index contributed by atoms with van der Waals surface area (Å²) >= 11 is 0. The van der Waals surface area contributed by atoms with Crippen LogP contribution in [0.4, 0.5) is 34.1 Å². The molecule has 9 nitrogen and oxygen atoms in total. The largest absolute Gasteiger partial charge is 0.310 e. The van der Waals surface area contributed by atoms with Gasteiger partial charge in [0.05, 0.1) is 78.4 Å². The molecule has 0 amide bonds. The first-order valence-corrected chi connectivity index (χ1v) is 44.3.